The van der Waals surface area contributed by atoms with Gasteiger partial charge in [-0.1, -0.05) is 63.4 Å². The van der Waals surface area contributed by atoms with E-state index in [2.05, 4.69) is 21.2 Å². The van der Waals surface area contributed by atoms with Crippen molar-refractivity contribution in [2.24, 2.45) is 0 Å². The van der Waals surface area contributed by atoms with Gasteiger partial charge in [0.05, 0.1) is 5.02 Å². The van der Waals surface area contributed by atoms with Gasteiger partial charge in [0, 0.05) is 33.7 Å². The number of ether oxygens (including phenoxy) is 1. The second-order valence-electron chi connectivity index (χ2n) is 5.97. The second-order valence-corrected chi connectivity index (χ2v) is 7.70. The van der Waals surface area contributed by atoms with Crippen molar-refractivity contribution in [1.29, 1.82) is 0 Å². The Morgan fingerprint density at radius 3 is 2.41 bits per heavy atom. The van der Waals surface area contributed by atoms with E-state index < -0.39 is 0 Å². The van der Waals surface area contributed by atoms with E-state index in [1.54, 1.807) is 6.07 Å². The molecule has 0 heterocycles. The zero-order valence-corrected chi connectivity index (χ0v) is 17.4. The van der Waals surface area contributed by atoms with Crippen LogP contribution < -0.4 is 10.1 Å². The summed E-state index contributed by atoms with van der Waals surface area (Å²) >= 11 is 15.8. The molecule has 0 bridgehead atoms. The normalized spacial score (nSPS) is 10.8. The maximum atomic E-state index is 13.2. The summed E-state index contributed by atoms with van der Waals surface area (Å²) in [5.74, 6) is 0.377. The van der Waals surface area contributed by atoms with Gasteiger partial charge in [0.1, 0.15) is 18.2 Å². The molecule has 0 fully saturated rings. The Balaban J connectivity index is 1.66. The monoisotopic (exact) mass is 467 g/mol. The molecule has 0 unspecified atom stereocenters. The molecule has 6 heteroatoms. The summed E-state index contributed by atoms with van der Waals surface area (Å²) in [5.41, 5.74) is 2.76. The topological polar surface area (TPSA) is 21.3 Å². The summed E-state index contributed by atoms with van der Waals surface area (Å²) in [6.07, 6.45) is 0. The number of halogens is 4. The van der Waals surface area contributed by atoms with E-state index in [0.29, 0.717) is 18.1 Å². The lowest BCUT2D eigenvalue weighted by Gasteiger charge is -2.14. The fourth-order valence-corrected chi connectivity index (χ4v) is 3.43. The summed E-state index contributed by atoms with van der Waals surface area (Å²) in [6.45, 7) is 1.52. The van der Waals surface area contributed by atoms with Crippen LogP contribution in [0.1, 0.15) is 16.7 Å². The Labute approximate surface area is 176 Å². The van der Waals surface area contributed by atoms with Gasteiger partial charge in [-0.3, -0.25) is 0 Å². The van der Waals surface area contributed by atoms with Crippen molar-refractivity contribution in [3.63, 3.8) is 0 Å². The zero-order valence-electron chi connectivity index (χ0n) is 14.3. The molecular weight excluding hydrogens is 452 g/mol. The van der Waals surface area contributed by atoms with Crippen LogP contribution in [0.2, 0.25) is 10.0 Å². The fraction of sp³-hybridized carbons (Fsp3) is 0.143. The first-order chi connectivity index (χ1) is 13.0. The lowest BCUT2D eigenvalue weighted by molar-refractivity contribution is 0.302. The van der Waals surface area contributed by atoms with Crippen LogP contribution in [0, 0.1) is 5.82 Å². The van der Waals surface area contributed by atoms with E-state index in [4.69, 9.17) is 27.9 Å². The molecule has 0 amide bonds. The standard InChI is InChI=1S/C21H17BrCl2FNO/c22-17-6-8-21(27-13-15-5-7-18(25)10-20(15)24)16(9-17)12-26-11-14-3-1-2-4-19(14)23/h1-10,26H,11-13H2. The van der Waals surface area contributed by atoms with Gasteiger partial charge in [0.15, 0.2) is 0 Å². The van der Waals surface area contributed by atoms with E-state index in [1.165, 1.54) is 12.1 Å². The molecule has 0 radical (unpaired) electrons. The predicted octanol–water partition coefficient (Wildman–Crippen LogP) is 6.76. The smallest absolute Gasteiger partial charge is 0.124 e. The SMILES string of the molecule is Fc1ccc(COc2ccc(Br)cc2CNCc2ccccc2Cl)c(Cl)c1. The third kappa shape index (κ3) is 5.69. The molecule has 3 aromatic carbocycles. The summed E-state index contributed by atoms with van der Waals surface area (Å²) < 4.78 is 20.1. The molecule has 0 atom stereocenters. The van der Waals surface area contributed by atoms with Crippen LogP contribution in [0.5, 0.6) is 5.75 Å². The van der Waals surface area contributed by atoms with Gasteiger partial charge >= 0.3 is 0 Å². The van der Waals surface area contributed by atoms with E-state index in [0.717, 1.165) is 31.9 Å². The van der Waals surface area contributed by atoms with Crippen molar-refractivity contribution in [3.8, 4) is 5.75 Å². The number of benzene rings is 3. The lowest BCUT2D eigenvalue weighted by atomic mass is 10.1. The van der Waals surface area contributed by atoms with Gasteiger partial charge in [-0.2, -0.15) is 0 Å². The van der Waals surface area contributed by atoms with Gasteiger partial charge < -0.3 is 10.1 Å². The van der Waals surface area contributed by atoms with Crippen LogP contribution in [0.4, 0.5) is 4.39 Å². The van der Waals surface area contributed by atoms with E-state index in [-0.39, 0.29) is 12.4 Å². The molecule has 27 heavy (non-hydrogen) atoms. The summed E-state index contributed by atoms with van der Waals surface area (Å²) in [4.78, 5) is 0. The Kier molecular flexibility index (Phi) is 7.13. The van der Waals surface area contributed by atoms with Gasteiger partial charge in [-0.25, -0.2) is 4.39 Å². The van der Waals surface area contributed by atoms with Gasteiger partial charge in [-0.05, 0) is 42.0 Å². The van der Waals surface area contributed by atoms with Crippen LogP contribution in [-0.2, 0) is 19.7 Å². The highest BCUT2D eigenvalue weighted by Gasteiger charge is 2.08. The zero-order chi connectivity index (χ0) is 19.2. The van der Waals surface area contributed by atoms with Crippen molar-refractivity contribution < 1.29 is 9.13 Å². The molecule has 0 aromatic heterocycles. The summed E-state index contributed by atoms with van der Waals surface area (Å²) in [5, 5.41) is 4.47. The van der Waals surface area contributed by atoms with Crippen LogP contribution in [0.3, 0.4) is 0 Å². The molecule has 3 rings (SSSR count). The number of hydrogen-bond acceptors (Lipinski definition) is 2. The average Bonchev–Trinajstić information content (AvgIpc) is 2.64. The van der Waals surface area contributed by atoms with Crippen molar-refractivity contribution >= 4 is 39.1 Å². The molecule has 3 aromatic rings. The Bertz CT molecular complexity index is 936. The van der Waals surface area contributed by atoms with Gasteiger partial charge in [0.2, 0.25) is 0 Å². The van der Waals surface area contributed by atoms with Crippen LogP contribution in [0.25, 0.3) is 0 Å². The number of rotatable bonds is 7. The molecule has 2 nitrogen and oxygen atoms in total. The van der Waals surface area contributed by atoms with E-state index in [9.17, 15) is 4.39 Å². The Hall–Kier alpha value is -1.59. The minimum absolute atomic E-state index is 0.262. The van der Waals surface area contributed by atoms with Crippen molar-refractivity contribution in [1.82, 2.24) is 5.32 Å². The Morgan fingerprint density at radius 1 is 0.852 bits per heavy atom. The number of nitrogens with one attached hydrogen (secondary N) is 1. The lowest BCUT2D eigenvalue weighted by Crippen LogP contribution is -2.14. The largest absolute Gasteiger partial charge is 0.489 e. The second kappa shape index (κ2) is 9.56. The van der Waals surface area contributed by atoms with E-state index in [1.807, 2.05) is 42.5 Å². The molecule has 0 aliphatic rings. The molecular formula is C21H17BrCl2FNO. The molecule has 0 saturated heterocycles. The highest BCUT2D eigenvalue weighted by Crippen LogP contribution is 2.26. The summed E-state index contributed by atoms with van der Waals surface area (Å²) in [7, 11) is 0. The molecule has 0 aliphatic carbocycles. The number of hydrogen-bond donors (Lipinski definition) is 1. The molecule has 1 N–H and O–H groups in total. The summed E-state index contributed by atoms with van der Waals surface area (Å²) in [6, 6.07) is 17.8. The van der Waals surface area contributed by atoms with Crippen molar-refractivity contribution in [2.45, 2.75) is 19.7 Å². The first-order valence-corrected chi connectivity index (χ1v) is 9.87. The maximum Gasteiger partial charge on any atom is 0.124 e. The van der Waals surface area contributed by atoms with Crippen LogP contribution in [-0.4, -0.2) is 0 Å². The minimum Gasteiger partial charge on any atom is -0.489 e. The van der Waals surface area contributed by atoms with Crippen molar-refractivity contribution in [2.75, 3.05) is 0 Å². The third-order valence-electron chi connectivity index (χ3n) is 4.01. The van der Waals surface area contributed by atoms with Crippen LogP contribution >= 0.6 is 39.1 Å². The third-order valence-corrected chi connectivity index (χ3v) is 5.22. The first kappa shape index (κ1) is 20.2. The maximum absolute atomic E-state index is 13.2. The average molecular weight is 469 g/mol. The first-order valence-electron chi connectivity index (χ1n) is 8.32. The fourth-order valence-electron chi connectivity index (χ4n) is 2.59. The highest BCUT2D eigenvalue weighted by atomic mass is 79.9. The molecule has 0 saturated carbocycles. The van der Waals surface area contributed by atoms with Crippen molar-refractivity contribution in [3.05, 3.63) is 97.7 Å². The highest BCUT2D eigenvalue weighted by molar-refractivity contribution is 9.10. The van der Waals surface area contributed by atoms with E-state index >= 15 is 0 Å². The minimum atomic E-state index is -0.364. The Morgan fingerprint density at radius 2 is 1.63 bits per heavy atom. The molecule has 0 aliphatic heterocycles. The van der Waals surface area contributed by atoms with Gasteiger partial charge in [-0.15, -0.1) is 0 Å². The van der Waals surface area contributed by atoms with Gasteiger partial charge in [0.25, 0.3) is 0 Å². The predicted molar refractivity (Wildman–Crippen MR) is 112 cm³/mol. The quantitative estimate of drug-likeness (QED) is 0.413. The molecule has 140 valence electrons. The molecule has 0 spiro atoms. The van der Waals surface area contributed by atoms with Crippen LogP contribution in [0.15, 0.2) is 65.1 Å².